The summed E-state index contributed by atoms with van der Waals surface area (Å²) in [6, 6.07) is 18.0. The molecule has 0 saturated heterocycles. The summed E-state index contributed by atoms with van der Waals surface area (Å²) in [5.74, 6) is 0.496. The zero-order valence-corrected chi connectivity index (χ0v) is 16.4. The number of ether oxygens (including phenoxy) is 1. The fourth-order valence-electron chi connectivity index (χ4n) is 3.14. The van der Waals surface area contributed by atoms with Gasteiger partial charge in [0, 0.05) is 31.0 Å². The smallest absolute Gasteiger partial charge is 0.259 e. The van der Waals surface area contributed by atoms with Gasteiger partial charge >= 0.3 is 0 Å². The average Bonchev–Trinajstić information content (AvgIpc) is 2.83. The van der Waals surface area contributed by atoms with Gasteiger partial charge in [-0.25, -0.2) is 0 Å². The van der Waals surface area contributed by atoms with Gasteiger partial charge in [-0.05, 0) is 61.0 Å². The number of nitrogens with zero attached hydrogens (tertiary/aromatic N) is 1. The van der Waals surface area contributed by atoms with Crippen molar-refractivity contribution in [2.45, 2.75) is 6.92 Å². The molecule has 6 heteroatoms. The lowest BCUT2D eigenvalue weighted by Gasteiger charge is -2.14. The van der Waals surface area contributed by atoms with Gasteiger partial charge in [0.15, 0.2) is 5.75 Å². The third-order valence-electron chi connectivity index (χ3n) is 4.71. The second-order valence-corrected chi connectivity index (χ2v) is 7.17. The number of anilines is 3. The summed E-state index contributed by atoms with van der Waals surface area (Å²) in [5, 5.41) is 5.72. The Morgan fingerprint density at radius 1 is 1.00 bits per heavy atom. The maximum atomic E-state index is 12.7. The molecule has 146 valence electrons. The van der Waals surface area contributed by atoms with E-state index in [9.17, 15) is 9.59 Å². The van der Waals surface area contributed by atoms with Crippen LogP contribution in [0.25, 0.3) is 0 Å². The summed E-state index contributed by atoms with van der Waals surface area (Å²) in [7, 11) is 3.84. The minimum atomic E-state index is -0.282. The number of amides is 2. The molecule has 1 heterocycles. The van der Waals surface area contributed by atoms with Crippen molar-refractivity contribution < 1.29 is 14.3 Å². The summed E-state index contributed by atoms with van der Waals surface area (Å²) >= 11 is 0. The topological polar surface area (TPSA) is 70.7 Å². The Hall–Kier alpha value is -3.80. The SMILES string of the molecule is Cc1ccc2c(c1)NC(=O)c1cc(NC(=O)c3cccc(N(C)C)c3)ccc1O2. The van der Waals surface area contributed by atoms with Crippen molar-refractivity contribution in [3.8, 4) is 11.5 Å². The molecule has 2 N–H and O–H groups in total. The molecule has 0 atom stereocenters. The summed E-state index contributed by atoms with van der Waals surface area (Å²) in [6.07, 6.45) is 0. The molecule has 0 aliphatic carbocycles. The zero-order chi connectivity index (χ0) is 20.5. The molecular weight excluding hydrogens is 366 g/mol. The number of benzene rings is 3. The third kappa shape index (κ3) is 3.78. The molecule has 0 fully saturated rings. The Morgan fingerprint density at radius 2 is 1.79 bits per heavy atom. The number of aryl methyl sites for hydroxylation is 1. The van der Waals surface area contributed by atoms with Crippen molar-refractivity contribution in [1.82, 2.24) is 0 Å². The van der Waals surface area contributed by atoms with Gasteiger partial charge in [0.05, 0.1) is 11.3 Å². The number of fused-ring (bicyclic) bond motifs is 2. The Bertz CT molecular complexity index is 1120. The molecule has 0 saturated carbocycles. The van der Waals surface area contributed by atoms with Gasteiger partial charge in [-0.1, -0.05) is 12.1 Å². The van der Waals surface area contributed by atoms with E-state index < -0.39 is 0 Å². The van der Waals surface area contributed by atoms with Crippen molar-refractivity contribution >= 4 is 28.9 Å². The van der Waals surface area contributed by atoms with Gasteiger partial charge in [-0.3, -0.25) is 9.59 Å². The van der Waals surface area contributed by atoms with Crippen LogP contribution in [0, 0.1) is 6.92 Å². The van der Waals surface area contributed by atoms with E-state index in [0.717, 1.165) is 11.3 Å². The molecule has 0 bridgehead atoms. The molecule has 6 nitrogen and oxygen atoms in total. The molecule has 3 aromatic rings. The van der Waals surface area contributed by atoms with E-state index in [1.54, 1.807) is 24.3 Å². The Balaban J connectivity index is 1.60. The van der Waals surface area contributed by atoms with Crippen molar-refractivity contribution in [3.63, 3.8) is 0 Å². The minimum absolute atomic E-state index is 0.248. The molecule has 4 rings (SSSR count). The molecule has 0 unspecified atom stereocenters. The second kappa shape index (κ2) is 7.31. The lowest BCUT2D eigenvalue weighted by atomic mass is 10.1. The monoisotopic (exact) mass is 387 g/mol. The second-order valence-electron chi connectivity index (χ2n) is 7.17. The van der Waals surface area contributed by atoms with Crippen molar-refractivity contribution in [1.29, 1.82) is 0 Å². The molecule has 1 aliphatic heterocycles. The standard InChI is InChI=1S/C23H21N3O3/c1-14-7-9-21-19(11-14)25-23(28)18-13-16(8-10-20(18)29-21)24-22(27)15-5-4-6-17(12-15)26(2)3/h4-13H,1-3H3,(H,24,27)(H,25,28). The molecule has 0 spiro atoms. The zero-order valence-electron chi connectivity index (χ0n) is 16.4. The molecule has 0 radical (unpaired) electrons. The lowest BCUT2D eigenvalue weighted by Crippen LogP contribution is -2.15. The van der Waals surface area contributed by atoms with E-state index in [0.29, 0.717) is 34.0 Å². The Labute approximate surface area is 169 Å². The van der Waals surface area contributed by atoms with Crippen LogP contribution in [0.1, 0.15) is 26.3 Å². The molecule has 3 aromatic carbocycles. The van der Waals surface area contributed by atoms with Gasteiger partial charge in [0.1, 0.15) is 5.75 Å². The number of carbonyl (C=O) groups is 2. The first kappa shape index (κ1) is 18.6. The molecule has 1 aliphatic rings. The van der Waals surface area contributed by atoms with Gasteiger partial charge in [-0.15, -0.1) is 0 Å². The number of carbonyl (C=O) groups excluding carboxylic acids is 2. The van der Waals surface area contributed by atoms with Crippen molar-refractivity contribution in [2.24, 2.45) is 0 Å². The Morgan fingerprint density at radius 3 is 2.59 bits per heavy atom. The van der Waals surface area contributed by atoms with Crippen LogP contribution in [-0.4, -0.2) is 25.9 Å². The van der Waals surface area contributed by atoms with E-state index in [1.165, 1.54) is 0 Å². The van der Waals surface area contributed by atoms with E-state index in [4.69, 9.17) is 4.74 Å². The lowest BCUT2D eigenvalue weighted by molar-refractivity contribution is 0.101. The van der Waals surface area contributed by atoms with Crippen LogP contribution < -0.4 is 20.3 Å². The maximum absolute atomic E-state index is 12.7. The molecule has 29 heavy (non-hydrogen) atoms. The first-order chi connectivity index (χ1) is 13.9. The van der Waals surface area contributed by atoms with Crippen LogP contribution in [-0.2, 0) is 0 Å². The number of hydrogen-bond donors (Lipinski definition) is 2. The fraction of sp³-hybridized carbons (Fsp3) is 0.130. The minimum Gasteiger partial charge on any atom is -0.454 e. The first-order valence-electron chi connectivity index (χ1n) is 9.23. The van der Waals surface area contributed by atoms with Crippen LogP contribution in [0.15, 0.2) is 60.7 Å². The largest absolute Gasteiger partial charge is 0.454 e. The fourth-order valence-corrected chi connectivity index (χ4v) is 3.14. The number of hydrogen-bond acceptors (Lipinski definition) is 4. The summed E-state index contributed by atoms with van der Waals surface area (Å²) < 4.78 is 5.91. The maximum Gasteiger partial charge on any atom is 0.259 e. The van der Waals surface area contributed by atoms with Crippen LogP contribution in [0.5, 0.6) is 11.5 Å². The van der Waals surface area contributed by atoms with Gasteiger partial charge < -0.3 is 20.3 Å². The molecule has 2 amide bonds. The van der Waals surface area contributed by atoms with Crippen LogP contribution in [0.3, 0.4) is 0 Å². The van der Waals surface area contributed by atoms with Crippen LogP contribution in [0.2, 0.25) is 0 Å². The van der Waals surface area contributed by atoms with Gasteiger partial charge in [0.25, 0.3) is 11.8 Å². The number of nitrogens with one attached hydrogen (secondary N) is 2. The predicted molar refractivity (Wildman–Crippen MR) is 114 cm³/mol. The molecule has 0 aromatic heterocycles. The first-order valence-corrected chi connectivity index (χ1v) is 9.23. The molecular formula is C23H21N3O3. The summed E-state index contributed by atoms with van der Waals surface area (Å²) in [4.78, 5) is 27.3. The normalized spacial score (nSPS) is 12.0. The highest BCUT2D eigenvalue weighted by molar-refractivity contribution is 6.10. The predicted octanol–water partition coefficient (Wildman–Crippen LogP) is 4.67. The summed E-state index contributed by atoms with van der Waals surface area (Å²) in [6.45, 7) is 1.95. The van der Waals surface area contributed by atoms with E-state index in [1.807, 2.05) is 62.3 Å². The summed E-state index contributed by atoms with van der Waals surface area (Å²) in [5.41, 5.74) is 3.99. The number of rotatable bonds is 3. The van der Waals surface area contributed by atoms with Gasteiger partial charge in [-0.2, -0.15) is 0 Å². The highest BCUT2D eigenvalue weighted by Crippen LogP contribution is 2.37. The highest BCUT2D eigenvalue weighted by atomic mass is 16.5. The Kier molecular flexibility index (Phi) is 4.68. The average molecular weight is 387 g/mol. The highest BCUT2D eigenvalue weighted by Gasteiger charge is 2.21. The van der Waals surface area contributed by atoms with Crippen LogP contribution >= 0.6 is 0 Å². The third-order valence-corrected chi connectivity index (χ3v) is 4.71. The van der Waals surface area contributed by atoms with E-state index in [2.05, 4.69) is 10.6 Å². The van der Waals surface area contributed by atoms with Crippen molar-refractivity contribution in [3.05, 3.63) is 77.4 Å². The quantitative estimate of drug-likeness (QED) is 0.685. The van der Waals surface area contributed by atoms with Crippen molar-refractivity contribution in [2.75, 3.05) is 29.6 Å². The van der Waals surface area contributed by atoms with Crippen LogP contribution in [0.4, 0.5) is 17.1 Å². The van der Waals surface area contributed by atoms with E-state index in [-0.39, 0.29) is 11.8 Å². The van der Waals surface area contributed by atoms with E-state index >= 15 is 0 Å². The van der Waals surface area contributed by atoms with Gasteiger partial charge in [0.2, 0.25) is 0 Å².